The molecular weight excluding hydrogens is 340 g/mol. The first-order valence-corrected chi connectivity index (χ1v) is 9.61. The van der Waals surface area contributed by atoms with Gasteiger partial charge in [0.15, 0.2) is 0 Å². The summed E-state index contributed by atoms with van der Waals surface area (Å²) in [5, 5.41) is 10.5. The van der Waals surface area contributed by atoms with Crippen LogP contribution in [0.4, 0.5) is 5.69 Å². The normalized spacial score (nSPS) is 18.5. The number of anilines is 1. The summed E-state index contributed by atoms with van der Waals surface area (Å²) >= 11 is 0. The van der Waals surface area contributed by atoms with E-state index in [2.05, 4.69) is 35.4 Å². The molecule has 0 radical (unpaired) electrons. The Kier molecular flexibility index (Phi) is 4.29. The summed E-state index contributed by atoms with van der Waals surface area (Å²) in [5.74, 6) is -0.125. The Hall–Kier alpha value is -2.63. The van der Waals surface area contributed by atoms with Crippen molar-refractivity contribution in [2.24, 2.45) is 0 Å². The predicted molar refractivity (Wildman–Crippen MR) is 104 cm³/mol. The number of aromatic nitrogens is 2. The van der Waals surface area contributed by atoms with Gasteiger partial charge in [-0.15, -0.1) is 0 Å². The lowest BCUT2D eigenvalue weighted by Crippen LogP contribution is -2.37. The molecule has 1 atom stereocenters. The van der Waals surface area contributed by atoms with Crippen molar-refractivity contribution >= 4 is 17.5 Å². The Morgan fingerprint density at radius 3 is 2.85 bits per heavy atom. The summed E-state index contributed by atoms with van der Waals surface area (Å²) in [5.41, 5.74) is 7.32. The molecule has 142 valence electrons. The van der Waals surface area contributed by atoms with Crippen LogP contribution in [0, 0.1) is 13.8 Å². The molecule has 0 unspecified atom stereocenters. The topological polar surface area (TPSA) is 78.1 Å². The van der Waals surface area contributed by atoms with Gasteiger partial charge in [-0.2, -0.15) is 5.10 Å². The molecule has 0 fully saturated rings. The van der Waals surface area contributed by atoms with Crippen LogP contribution in [0.3, 0.4) is 0 Å². The van der Waals surface area contributed by atoms with E-state index in [1.54, 1.807) is 0 Å². The third kappa shape index (κ3) is 3.03. The molecule has 2 aliphatic heterocycles. The fourth-order valence-corrected chi connectivity index (χ4v) is 4.31. The number of hydrogen-bond donors (Lipinski definition) is 2. The van der Waals surface area contributed by atoms with Crippen LogP contribution in [0.2, 0.25) is 0 Å². The number of nitrogens with zero attached hydrogens (tertiary/aromatic N) is 2. The summed E-state index contributed by atoms with van der Waals surface area (Å²) in [7, 11) is 0. The van der Waals surface area contributed by atoms with Gasteiger partial charge in [0, 0.05) is 42.9 Å². The molecular formula is C21H26N4O2. The molecule has 2 aromatic rings. The number of aromatic amines is 1. The molecule has 27 heavy (non-hydrogen) atoms. The van der Waals surface area contributed by atoms with Gasteiger partial charge in [-0.25, -0.2) is 0 Å². The van der Waals surface area contributed by atoms with Crippen LogP contribution in [0.15, 0.2) is 12.1 Å². The third-order valence-corrected chi connectivity index (χ3v) is 5.69. The van der Waals surface area contributed by atoms with Crippen molar-refractivity contribution in [3.8, 4) is 0 Å². The van der Waals surface area contributed by atoms with Crippen molar-refractivity contribution < 1.29 is 9.59 Å². The van der Waals surface area contributed by atoms with Gasteiger partial charge in [0.2, 0.25) is 11.8 Å². The van der Waals surface area contributed by atoms with Crippen LogP contribution in [0.5, 0.6) is 0 Å². The van der Waals surface area contributed by atoms with E-state index < -0.39 is 5.92 Å². The zero-order chi connectivity index (χ0) is 19.3. The van der Waals surface area contributed by atoms with Crippen LogP contribution >= 0.6 is 0 Å². The molecule has 6 heteroatoms. The van der Waals surface area contributed by atoms with Crippen LogP contribution in [0.1, 0.15) is 65.7 Å². The molecule has 0 spiro atoms. The van der Waals surface area contributed by atoms with E-state index in [-0.39, 0.29) is 18.2 Å². The number of nitrogens with one attached hydrogen (secondary N) is 2. The number of fused-ring (bicyclic) bond motifs is 2. The van der Waals surface area contributed by atoms with Crippen molar-refractivity contribution in [3.63, 3.8) is 0 Å². The second-order valence-electron chi connectivity index (χ2n) is 8.08. The minimum Gasteiger partial charge on any atom is -0.338 e. The Bertz CT molecular complexity index is 929. The molecule has 0 bridgehead atoms. The highest BCUT2D eigenvalue weighted by atomic mass is 16.2. The SMILES string of the molecule is Cc1cc(C)c2c(c1)[C@@H](CC(=O)N1CCc3[nH]nc(C(C)C)c3C1)C(=O)N2. The number of rotatable bonds is 3. The van der Waals surface area contributed by atoms with Crippen molar-refractivity contribution in [1.82, 2.24) is 15.1 Å². The lowest BCUT2D eigenvalue weighted by molar-refractivity contribution is -0.134. The fourth-order valence-electron chi connectivity index (χ4n) is 4.31. The maximum atomic E-state index is 13.0. The number of benzene rings is 1. The van der Waals surface area contributed by atoms with Gasteiger partial charge in [0.25, 0.3) is 0 Å². The molecule has 3 heterocycles. The molecule has 2 aliphatic rings. The van der Waals surface area contributed by atoms with Crippen LogP contribution < -0.4 is 5.32 Å². The number of carbonyl (C=O) groups is 2. The van der Waals surface area contributed by atoms with Gasteiger partial charge in [0.05, 0.1) is 11.6 Å². The third-order valence-electron chi connectivity index (χ3n) is 5.69. The van der Waals surface area contributed by atoms with E-state index in [0.29, 0.717) is 19.0 Å². The van der Waals surface area contributed by atoms with Crippen LogP contribution in [-0.4, -0.2) is 33.5 Å². The summed E-state index contributed by atoms with van der Waals surface area (Å²) < 4.78 is 0. The zero-order valence-corrected chi connectivity index (χ0v) is 16.3. The number of hydrogen-bond acceptors (Lipinski definition) is 3. The monoisotopic (exact) mass is 366 g/mol. The molecule has 2 N–H and O–H groups in total. The minimum absolute atomic E-state index is 0.0312. The van der Waals surface area contributed by atoms with Gasteiger partial charge in [-0.3, -0.25) is 14.7 Å². The van der Waals surface area contributed by atoms with E-state index in [1.807, 2.05) is 24.8 Å². The number of H-pyrrole nitrogens is 1. The van der Waals surface area contributed by atoms with E-state index in [0.717, 1.165) is 45.7 Å². The van der Waals surface area contributed by atoms with E-state index in [4.69, 9.17) is 0 Å². The lowest BCUT2D eigenvalue weighted by Gasteiger charge is -2.28. The lowest BCUT2D eigenvalue weighted by atomic mass is 9.93. The molecule has 4 rings (SSSR count). The van der Waals surface area contributed by atoms with Gasteiger partial charge >= 0.3 is 0 Å². The van der Waals surface area contributed by atoms with E-state index in [1.165, 1.54) is 0 Å². The Balaban J connectivity index is 1.54. The summed E-state index contributed by atoms with van der Waals surface area (Å²) in [6.07, 6.45) is 0.998. The largest absolute Gasteiger partial charge is 0.338 e. The standard InChI is InChI=1S/C21H26N4O2/c1-11(2)19-16-10-25(6-5-17(16)23-24-19)18(26)9-15-14-8-12(3)7-13(4)20(14)22-21(15)27/h7-8,11,15H,5-6,9-10H2,1-4H3,(H,22,27)(H,23,24)/t15-/m1/s1. The first-order valence-electron chi connectivity index (χ1n) is 9.61. The van der Waals surface area contributed by atoms with Gasteiger partial charge < -0.3 is 10.2 Å². The molecule has 0 saturated heterocycles. The molecule has 1 aromatic heterocycles. The quantitative estimate of drug-likeness (QED) is 0.876. The first kappa shape index (κ1) is 17.8. The average molecular weight is 366 g/mol. The second-order valence-corrected chi connectivity index (χ2v) is 8.08. The predicted octanol–water partition coefficient (Wildman–Crippen LogP) is 3.16. The fraction of sp³-hybridized carbons (Fsp3) is 0.476. The van der Waals surface area contributed by atoms with Gasteiger partial charge in [0.1, 0.15) is 0 Å². The molecule has 0 aliphatic carbocycles. The van der Waals surface area contributed by atoms with Crippen molar-refractivity contribution in [2.45, 2.75) is 58.9 Å². The maximum absolute atomic E-state index is 13.0. The Morgan fingerprint density at radius 2 is 2.11 bits per heavy atom. The highest BCUT2D eigenvalue weighted by Gasteiger charge is 2.35. The van der Waals surface area contributed by atoms with Crippen molar-refractivity contribution in [2.75, 3.05) is 11.9 Å². The van der Waals surface area contributed by atoms with E-state index in [9.17, 15) is 9.59 Å². The van der Waals surface area contributed by atoms with Crippen molar-refractivity contribution in [3.05, 3.63) is 45.8 Å². The van der Waals surface area contributed by atoms with E-state index >= 15 is 0 Å². The highest BCUT2D eigenvalue weighted by Crippen LogP contribution is 2.38. The Labute approximate surface area is 159 Å². The average Bonchev–Trinajstić information content (AvgIpc) is 3.17. The molecule has 2 amide bonds. The molecule has 6 nitrogen and oxygen atoms in total. The zero-order valence-electron chi connectivity index (χ0n) is 16.3. The Morgan fingerprint density at radius 1 is 1.33 bits per heavy atom. The number of carbonyl (C=O) groups excluding carboxylic acids is 2. The highest BCUT2D eigenvalue weighted by molar-refractivity contribution is 6.05. The number of aryl methyl sites for hydroxylation is 2. The van der Waals surface area contributed by atoms with Gasteiger partial charge in [-0.1, -0.05) is 31.5 Å². The molecule has 0 saturated carbocycles. The molecule has 1 aromatic carbocycles. The number of amides is 2. The smallest absolute Gasteiger partial charge is 0.232 e. The van der Waals surface area contributed by atoms with Crippen molar-refractivity contribution in [1.29, 1.82) is 0 Å². The minimum atomic E-state index is -0.401. The van der Waals surface area contributed by atoms with Crippen LogP contribution in [-0.2, 0) is 22.6 Å². The van der Waals surface area contributed by atoms with Crippen LogP contribution in [0.25, 0.3) is 0 Å². The second kappa shape index (κ2) is 6.51. The maximum Gasteiger partial charge on any atom is 0.232 e. The summed E-state index contributed by atoms with van der Waals surface area (Å²) in [6, 6.07) is 4.08. The summed E-state index contributed by atoms with van der Waals surface area (Å²) in [6.45, 7) is 9.48. The van der Waals surface area contributed by atoms with Gasteiger partial charge in [-0.05, 0) is 30.9 Å². The summed E-state index contributed by atoms with van der Waals surface area (Å²) in [4.78, 5) is 27.4. The first-order chi connectivity index (χ1) is 12.8.